The summed E-state index contributed by atoms with van der Waals surface area (Å²) in [6.45, 7) is 5.06. The largest absolute Gasteiger partial charge is 0.354 e. The van der Waals surface area contributed by atoms with Crippen molar-refractivity contribution in [2.75, 3.05) is 41.9 Å². The first-order chi connectivity index (χ1) is 9.19. The molecular formula is C12H20ClN5S. The average molecular weight is 302 g/mol. The Labute approximate surface area is 123 Å². The average Bonchev–Trinajstić information content (AvgIpc) is 2.90. The van der Waals surface area contributed by atoms with E-state index in [1.54, 1.807) is 0 Å². The number of halogens is 1. The second kappa shape index (κ2) is 7.14. The van der Waals surface area contributed by atoms with Gasteiger partial charge in [-0.1, -0.05) is 6.92 Å². The predicted molar refractivity (Wildman–Crippen MR) is 82.3 cm³/mol. The number of anilines is 2. The highest BCUT2D eigenvalue weighted by atomic mass is 35.5. The minimum absolute atomic E-state index is 0.261. The fourth-order valence-electron chi connectivity index (χ4n) is 2.09. The zero-order valence-electron chi connectivity index (χ0n) is 11.4. The van der Waals surface area contributed by atoms with Crippen LogP contribution in [0, 0.1) is 5.92 Å². The van der Waals surface area contributed by atoms with Crippen LogP contribution in [-0.2, 0) is 0 Å². The predicted octanol–water partition coefficient (Wildman–Crippen LogP) is 2.54. The van der Waals surface area contributed by atoms with Crippen LogP contribution in [0.25, 0.3) is 0 Å². The Hall–Kier alpha value is -0.750. The summed E-state index contributed by atoms with van der Waals surface area (Å²) >= 11 is 7.82. The molecule has 1 aromatic rings. The van der Waals surface area contributed by atoms with Crippen molar-refractivity contribution in [1.29, 1.82) is 0 Å². The number of aromatic nitrogens is 3. The van der Waals surface area contributed by atoms with Gasteiger partial charge in [0.25, 0.3) is 0 Å². The topological polar surface area (TPSA) is 53.9 Å². The lowest BCUT2D eigenvalue weighted by Crippen LogP contribution is -2.22. The number of thioether (sulfide) groups is 1. The Balaban J connectivity index is 2.00. The van der Waals surface area contributed by atoms with Crippen molar-refractivity contribution in [3.8, 4) is 0 Å². The Bertz CT molecular complexity index is 411. The summed E-state index contributed by atoms with van der Waals surface area (Å²) in [5, 5.41) is 3.51. The molecular weight excluding hydrogens is 282 g/mol. The van der Waals surface area contributed by atoms with E-state index >= 15 is 0 Å². The summed E-state index contributed by atoms with van der Waals surface area (Å²) in [7, 11) is 0. The van der Waals surface area contributed by atoms with E-state index in [1.165, 1.54) is 12.8 Å². The third kappa shape index (κ3) is 4.38. The van der Waals surface area contributed by atoms with Crippen molar-refractivity contribution < 1.29 is 0 Å². The van der Waals surface area contributed by atoms with Gasteiger partial charge in [-0.05, 0) is 42.4 Å². The fraction of sp³-hybridized carbons (Fsp3) is 0.750. The molecule has 0 saturated carbocycles. The van der Waals surface area contributed by atoms with E-state index in [1.807, 2.05) is 11.8 Å². The first-order valence-corrected chi connectivity index (χ1v) is 8.35. The molecule has 0 amide bonds. The molecule has 1 fully saturated rings. The molecule has 1 aliphatic heterocycles. The maximum atomic E-state index is 5.97. The van der Waals surface area contributed by atoms with Crippen LogP contribution >= 0.6 is 23.4 Å². The molecule has 5 nitrogen and oxygen atoms in total. The zero-order valence-corrected chi connectivity index (χ0v) is 13.0. The van der Waals surface area contributed by atoms with E-state index < -0.39 is 0 Å². The highest BCUT2D eigenvalue weighted by Gasteiger charge is 2.17. The lowest BCUT2D eigenvalue weighted by molar-refractivity contribution is 0.695. The van der Waals surface area contributed by atoms with Crippen LogP contribution in [-0.4, -0.2) is 46.6 Å². The normalized spacial score (nSPS) is 16.7. The van der Waals surface area contributed by atoms with Gasteiger partial charge in [0.05, 0.1) is 0 Å². The molecule has 106 valence electrons. The van der Waals surface area contributed by atoms with E-state index in [0.717, 1.165) is 25.4 Å². The van der Waals surface area contributed by atoms with Crippen LogP contribution in [0.1, 0.15) is 19.8 Å². The summed E-state index contributed by atoms with van der Waals surface area (Å²) in [4.78, 5) is 14.9. The minimum Gasteiger partial charge on any atom is -0.354 e. The third-order valence-electron chi connectivity index (χ3n) is 3.05. The van der Waals surface area contributed by atoms with Gasteiger partial charge >= 0.3 is 0 Å². The smallest absolute Gasteiger partial charge is 0.231 e. The summed E-state index contributed by atoms with van der Waals surface area (Å²) in [6.07, 6.45) is 4.50. The molecule has 19 heavy (non-hydrogen) atoms. The van der Waals surface area contributed by atoms with E-state index in [0.29, 0.717) is 17.8 Å². The molecule has 0 aromatic carbocycles. The van der Waals surface area contributed by atoms with Crippen molar-refractivity contribution in [2.24, 2.45) is 5.92 Å². The molecule has 1 saturated heterocycles. The molecule has 0 spiro atoms. The minimum atomic E-state index is 0.261. The van der Waals surface area contributed by atoms with Crippen LogP contribution in [0.3, 0.4) is 0 Å². The molecule has 7 heteroatoms. The Morgan fingerprint density at radius 3 is 2.74 bits per heavy atom. The number of hydrogen-bond acceptors (Lipinski definition) is 6. The number of rotatable bonds is 6. The summed E-state index contributed by atoms with van der Waals surface area (Å²) in [5.74, 6) is 2.96. The lowest BCUT2D eigenvalue weighted by Gasteiger charge is -2.16. The van der Waals surface area contributed by atoms with Gasteiger partial charge in [0.15, 0.2) is 0 Å². The Morgan fingerprint density at radius 1 is 1.32 bits per heavy atom. The van der Waals surface area contributed by atoms with Gasteiger partial charge in [0, 0.05) is 19.6 Å². The standard InChI is InChI=1S/C12H20ClN5S/c1-9(8-19-2)7-14-11-15-10(13)16-12(17-11)18-5-3-4-6-18/h9H,3-8H2,1-2H3,(H,14,15,16,17). The zero-order chi connectivity index (χ0) is 13.7. The van der Waals surface area contributed by atoms with Gasteiger partial charge in [-0.3, -0.25) is 0 Å². The third-order valence-corrected chi connectivity index (χ3v) is 4.12. The van der Waals surface area contributed by atoms with E-state index in [2.05, 4.69) is 38.3 Å². The summed E-state index contributed by atoms with van der Waals surface area (Å²) in [6, 6.07) is 0. The molecule has 0 bridgehead atoms. The van der Waals surface area contributed by atoms with Gasteiger partial charge in [0.1, 0.15) is 0 Å². The van der Waals surface area contributed by atoms with Gasteiger partial charge in [-0.15, -0.1) is 0 Å². The van der Waals surface area contributed by atoms with Gasteiger partial charge < -0.3 is 10.2 Å². The van der Waals surface area contributed by atoms with Crippen molar-refractivity contribution >= 4 is 35.3 Å². The van der Waals surface area contributed by atoms with Gasteiger partial charge in [-0.2, -0.15) is 26.7 Å². The van der Waals surface area contributed by atoms with Crippen LogP contribution < -0.4 is 10.2 Å². The molecule has 2 rings (SSSR count). The molecule has 1 N–H and O–H groups in total. The van der Waals surface area contributed by atoms with Crippen LogP contribution in [0.4, 0.5) is 11.9 Å². The van der Waals surface area contributed by atoms with E-state index in [-0.39, 0.29) is 5.28 Å². The molecule has 2 heterocycles. The highest BCUT2D eigenvalue weighted by Crippen LogP contribution is 2.18. The SMILES string of the molecule is CSCC(C)CNc1nc(Cl)nc(N2CCCC2)n1. The van der Waals surface area contributed by atoms with Crippen molar-refractivity contribution in [1.82, 2.24) is 15.0 Å². The molecule has 1 aliphatic rings. The van der Waals surface area contributed by atoms with Gasteiger partial charge in [0.2, 0.25) is 17.2 Å². The molecule has 1 aromatic heterocycles. The molecule has 0 radical (unpaired) electrons. The number of nitrogens with one attached hydrogen (secondary N) is 1. The number of hydrogen-bond donors (Lipinski definition) is 1. The van der Waals surface area contributed by atoms with Crippen molar-refractivity contribution in [2.45, 2.75) is 19.8 Å². The monoisotopic (exact) mass is 301 g/mol. The van der Waals surface area contributed by atoms with Crippen molar-refractivity contribution in [3.63, 3.8) is 0 Å². The maximum Gasteiger partial charge on any atom is 0.231 e. The first-order valence-electron chi connectivity index (χ1n) is 6.58. The quantitative estimate of drug-likeness (QED) is 0.871. The van der Waals surface area contributed by atoms with E-state index in [4.69, 9.17) is 11.6 Å². The molecule has 1 unspecified atom stereocenters. The van der Waals surface area contributed by atoms with Gasteiger partial charge in [-0.25, -0.2) is 0 Å². The summed E-state index contributed by atoms with van der Waals surface area (Å²) in [5.41, 5.74) is 0. The van der Waals surface area contributed by atoms with Crippen molar-refractivity contribution in [3.05, 3.63) is 5.28 Å². The Morgan fingerprint density at radius 2 is 2.05 bits per heavy atom. The summed E-state index contributed by atoms with van der Waals surface area (Å²) < 4.78 is 0. The highest BCUT2D eigenvalue weighted by molar-refractivity contribution is 7.98. The van der Waals surface area contributed by atoms with Crippen LogP contribution in [0.2, 0.25) is 5.28 Å². The van der Waals surface area contributed by atoms with E-state index in [9.17, 15) is 0 Å². The van der Waals surface area contributed by atoms with Crippen LogP contribution in [0.5, 0.6) is 0 Å². The lowest BCUT2D eigenvalue weighted by atomic mass is 10.2. The number of nitrogens with zero attached hydrogens (tertiary/aromatic N) is 4. The molecule has 1 atom stereocenters. The second-order valence-corrected chi connectivity index (χ2v) is 6.11. The molecule has 0 aliphatic carbocycles. The maximum absolute atomic E-state index is 5.97. The fourth-order valence-corrected chi connectivity index (χ4v) is 2.93. The second-order valence-electron chi connectivity index (χ2n) is 4.86. The van der Waals surface area contributed by atoms with Crippen LogP contribution in [0.15, 0.2) is 0 Å². The first kappa shape index (κ1) is 14.7. The Kier molecular flexibility index (Phi) is 5.51.